The minimum absolute atomic E-state index is 0.0287. The van der Waals surface area contributed by atoms with Crippen LogP contribution >= 0.6 is 0 Å². The SMILES string of the molecule is CCCOc1ccc(F)cc1C(=O)CCC(=O)OC. The third-order valence-electron chi connectivity index (χ3n) is 2.49. The molecule has 0 saturated carbocycles. The van der Waals surface area contributed by atoms with E-state index >= 15 is 0 Å². The van der Waals surface area contributed by atoms with Crippen molar-refractivity contribution < 1.29 is 23.5 Å². The molecule has 0 N–H and O–H groups in total. The highest BCUT2D eigenvalue weighted by molar-refractivity contribution is 5.99. The summed E-state index contributed by atoms with van der Waals surface area (Å²) < 4.78 is 23.0. The van der Waals surface area contributed by atoms with Gasteiger partial charge < -0.3 is 9.47 Å². The van der Waals surface area contributed by atoms with Gasteiger partial charge in [-0.3, -0.25) is 9.59 Å². The van der Waals surface area contributed by atoms with Gasteiger partial charge in [-0.2, -0.15) is 0 Å². The highest BCUT2D eigenvalue weighted by Gasteiger charge is 2.15. The standard InChI is InChI=1S/C14H17FO4/c1-3-8-19-13-6-4-10(15)9-11(13)12(16)5-7-14(17)18-2/h4,6,9H,3,5,7-8H2,1-2H3. The fourth-order valence-electron chi connectivity index (χ4n) is 1.51. The second-order valence-electron chi connectivity index (χ2n) is 3.99. The molecule has 104 valence electrons. The number of Topliss-reactive ketones (excluding diaryl/α,β-unsaturated/α-hetero) is 1. The molecule has 0 radical (unpaired) electrons. The van der Waals surface area contributed by atoms with Gasteiger partial charge in [-0.05, 0) is 24.6 Å². The van der Waals surface area contributed by atoms with Crippen molar-refractivity contribution >= 4 is 11.8 Å². The number of esters is 1. The van der Waals surface area contributed by atoms with Gasteiger partial charge >= 0.3 is 5.97 Å². The predicted octanol–water partition coefficient (Wildman–Crippen LogP) is 2.75. The Morgan fingerprint density at radius 1 is 1.26 bits per heavy atom. The van der Waals surface area contributed by atoms with Crippen LogP contribution in [0, 0.1) is 5.82 Å². The molecule has 1 rings (SSSR count). The molecule has 0 atom stereocenters. The maximum Gasteiger partial charge on any atom is 0.305 e. The smallest absolute Gasteiger partial charge is 0.305 e. The van der Waals surface area contributed by atoms with Gasteiger partial charge in [0.25, 0.3) is 0 Å². The molecule has 0 aliphatic heterocycles. The molecular formula is C14H17FO4. The Bertz CT molecular complexity index is 457. The summed E-state index contributed by atoms with van der Waals surface area (Å²) in [6.45, 7) is 2.38. The van der Waals surface area contributed by atoms with Gasteiger partial charge in [0.2, 0.25) is 0 Å². The third kappa shape index (κ3) is 4.69. The number of hydrogen-bond donors (Lipinski definition) is 0. The van der Waals surface area contributed by atoms with Crippen LogP contribution in [-0.4, -0.2) is 25.5 Å². The zero-order valence-corrected chi connectivity index (χ0v) is 11.1. The largest absolute Gasteiger partial charge is 0.493 e. The molecule has 0 fully saturated rings. The summed E-state index contributed by atoms with van der Waals surface area (Å²) in [6, 6.07) is 3.79. The van der Waals surface area contributed by atoms with Gasteiger partial charge in [0.15, 0.2) is 5.78 Å². The summed E-state index contributed by atoms with van der Waals surface area (Å²) in [7, 11) is 1.25. The van der Waals surface area contributed by atoms with Crippen LogP contribution in [0.15, 0.2) is 18.2 Å². The lowest BCUT2D eigenvalue weighted by atomic mass is 10.1. The number of ketones is 1. The Morgan fingerprint density at radius 3 is 2.63 bits per heavy atom. The zero-order valence-electron chi connectivity index (χ0n) is 11.1. The number of carbonyl (C=O) groups is 2. The summed E-state index contributed by atoms with van der Waals surface area (Å²) in [5.41, 5.74) is 0.164. The van der Waals surface area contributed by atoms with Gasteiger partial charge in [0.05, 0.1) is 25.7 Å². The molecule has 0 saturated heterocycles. The highest BCUT2D eigenvalue weighted by atomic mass is 19.1. The lowest BCUT2D eigenvalue weighted by Gasteiger charge is -2.10. The van der Waals surface area contributed by atoms with Crippen LogP contribution in [0.25, 0.3) is 0 Å². The van der Waals surface area contributed by atoms with Crippen molar-refractivity contribution in [3.05, 3.63) is 29.6 Å². The Balaban J connectivity index is 2.81. The first-order chi connectivity index (χ1) is 9.08. The number of hydrogen-bond acceptors (Lipinski definition) is 4. The van der Waals surface area contributed by atoms with Crippen LogP contribution in [0.3, 0.4) is 0 Å². The highest BCUT2D eigenvalue weighted by Crippen LogP contribution is 2.22. The Labute approximate surface area is 111 Å². The van der Waals surface area contributed by atoms with Crippen LogP contribution in [0.5, 0.6) is 5.75 Å². The normalized spacial score (nSPS) is 10.1. The molecule has 0 aliphatic rings. The molecule has 5 heteroatoms. The van der Waals surface area contributed by atoms with Gasteiger partial charge in [0, 0.05) is 6.42 Å². The Kier molecular flexibility index (Phi) is 5.99. The van der Waals surface area contributed by atoms with E-state index in [1.54, 1.807) is 0 Å². The van der Waals surface area contributed by atoms with E-state index in [0.29, 0.717) is 12.4 Å². The van der Waals surface area contributed by atoms with Gasteiger partial charge in [0.1, 0.15) is 11.6 Å². The topological polar surface area (TPSA) is 52.6 Å². The second-order valence-corrected chi connectivity index (χ2v) is 3.99. The minimum atomic E-state index is -0.509. The number of halogens is 1. The lowest BCUT2D eigenvalue weighted by molar-refractivity contribution is -0.140. The number of methoxy groups -OCH3 is 1. The lowest BCUT2D eigenvalue weighted by Crippen LogP contribution is -2.08. The van der Waals surface area contributed by atoms with Gasteiger partial charge in [-0.1, -0.05) is 6.92 Å². The van der Waals surface area contributed by atoms with E-state index in [1.165, 1.54) is 19.2 Å². The number of rotatable bonds is 7. The third-order valence-corrected chi connectivity index (χ3v) is 2.49. The molecule has 0 aromatic heterocycles. The predicted molar refractivity (Wildman–Crippen MR) is 67.8 cm³/mol. The Hall–Kier alpha value is -1.91. The van der Waals surface area contributed by atoms with Crippen molar-refractivity contribution in [1.82, 2.24) is 0 Å². The fraction of sp³-hybridized carbons (Fsp3) is 0.429. The monoisotopic (exact) mass is 268 g/mol. The van der Waals surface area contributed by atoms with E-state index in [9.17, 15) is 14.0 Å². The van der Waals surface area contributed by atoms with E-state index in [-0.39, 0.29) is 24.2 Å². The molecule has 4 nitrogen and oxygen atoms in total. The zero-order chi connectivity index (χ0) is 14.3. The van der Waals surface area contributed by atoms with Crippen molar-refractivity contribution in [1.29, 1.82) is 0 Å². The number of carbonyl (C=O) groups excluding carboxylic acids is 2. The van der Waals surface area contributed by atoms with E-state index in [1.807, 2.05) is 6.92 Å². The van der Waals surface area contributed by atoms with E-state index in [2.05, 4.69) is 4.74 Å². The van der Waals surface area contributed by atoms with Crippen molar-refractivity contribution in [2.24, 2.45) is 0 Å². The molecule has 0 spiro atoms. The minimum Gasteiger partial charge on any atom is -0.493 e. The average Bonchev–Trinajstić information content (AvgIpc) is 2.42. The molecule has 0 amide bonds. The maximum absolute atomic E-state index is 13.2. The molecule has 0 unspecified atom stereocenters. The molecule has 1 aromatic rings. The average molecular weight is 268 g/mol. The van der Waals surface area contributed by atoms with Crippen molar-refractivity contribution in [2.45, 2.75) is 26.2 Å². The van der Waals surface area contributed by atoms with Gasteiger partial charge in [-0.15, -0.1) is 0 Å². The maximum atomic E-state index is 13.2. The van der Waals surface area contributed by atoms with Crippen molar-refractivity contribution in [2.75, 3.05) is 13.7 Å². The van der Waals surface area contributed by atoms with Crippen molar-refractivity contribution in [3.8, 4) is 5.75 Å². The first-order valence-electron chi connectivity index (χ1n) is 6.10. The fourth-order valence-corrected chi connectivity index (χ4v) is 1.51. The second kappa shape index (κ2) is 7.51. The summed E-state index contributed by atoms with van der Waals surface area (Å²) in [5.74, 6) is -0.972. The van der Waals surface area contributed by atoms with E-state index in [0.717, 1.165) is 12.5 Å². The number of ether oxygens (including phenoxy) is 2. The van der Waals surface area contributed by atoms with Crippen molar-refractivity contribution in [3.63, 3.8) is 0 Å². The first kappa shape index (κ1) is 15.1. The van der Waals surface area contributed by atoms with E-state index in [4.69, 9.17) is 4.74 Å². The summed E-state index contributed by atoms with van der Waals surface area (Å²) in [6.07, 6.45) is 0.727. The molecule has 0 aliphatic carbocycles. The van der Waals surface area contributed by atoms with Gasteiger partial charge in [-0.25, -0.2) is 4.39 Å². The molecular weight excluding hydrogens is 251 g/mol. The molecule has 1 aromatic carbocycles. The van der Waals surface area contributed by atoms with Crippen LogP contribution in [0.2, 0.25) is 0 Å². The van der Waals surface area contributed by atoms with E-state index < -0.39 is 11.8 Å². The number of benzene rings is 1. The summed E-state index contributed by atoms with van der Waals surface area (Å²) >= 11 is 0. The summed E-state index contributed by atoms with van der Waals surface area (Å²) in [4.78, 5) is 22.9. The molecule has 0 heterocycles. The first-order valence-corrected chi connectivity index (χ1v) is 6.10. The molecule has 0 bridgehead atoms. The van der Waals surface area contributed by atoms with Crippen LogP contribution < -0.4 is 4.74 Å². The van der Waals surface area contributed by atoms with Crippen LogP contribution in [0.4, 0.5) is 4.39 Å². The quantitative estimate of drug-likeness (QED) is 0.563. The summed E-state index contributed by atoms with van der Waals surface area (Å²) in [5, 5.41) is 0. The van der Waals surface area contributed by atoms with Crippen LogP contribution in [0.1, 0.15) is 36.5 Å². The molecule has 19 heavy (non-hydrogen) atoms. The Morgan fingerprint density at radius 2 is 2.00 bits per heavy atom. The van der Waals surface area contributed by atoms with Crippen LogP contribution in [-0.2, 0) is 9.53 Å².